The first kappa shape index (κ1) is 30.8. The van der Waals surface area contributed by atoms with Crippen LogP contribution < -0.4 is 29.6 Å². The summed E-state index contributed by atoms with van der Waals surface area (Å²) in [5.74, 6) is 1.93. The Bertz CT molecular complexity index is 1530. The largest absolute Gasteiger partial charge is 0.495 e. The Kier molecular flexibility index (Phi) is 10.4. The highest BCUT2D eigenvalue weighted by Gasteiger charge is 2.21. The Morgan fingerprint density at radius 1 is 0.857 bits per heavy atom. The van der Waals surface area contributed by atoms with Crippen LogP contribution in [0, 0.1) is 0 Å². The van der Waals surface area contributed by atoms with E-state index in [9.17, 15) is 4.79 Å². The van der Waals surface area contributed by atoms with E-state index in [4.69, 9.17) is 23.9 Å². The second kappa shape index (κ2) is 14.1. The van der Waals surface area contributed by atoms with Gasteiger partial charge in [-0.05, 0) is 94.5 Å². The molecule has 1 aliphatic rings. The lowest BCUT2D eigenvalue weighted by atomic mass is 9.92. The van der Waals surface area contributed by atoms with Gasteiger partial charge in [-0.15, -0.1) is 12.4 Å². The van der Waals surface area contributed by atoms with Gasteiger partial charge in [-0.3, -0.25) is 9.78 Å². The van der Waals surface area contributed by atoms with Crippen LogP contribution in [0.2, 0.25) is 0 Å². The van der Waals surface area contributed by atoms with Crippen LogP contribution in [0.15, 0.2) is 54.6 Å². The fraction of sp³-hybridized carbons (Fsp3) is 0.333. The van der Waals surface area contributed by atoms with E-state index in [-0.39, 0.29) is 18.3 Å². The summed E-state index contributed by atoms with van der Waals surface area (Å²) in [7, 11) is 1.67. The zero-order chi connectivity index (χ0) is 28.8. The molecule has 0 bridgehead atoms. The fourth-order valence-corrected chi connectivity index (χ4v) is 5.25. The number of carbonyl (C=O) groups is 1. The summed E-state index contributed by atoms with van der Waals surface area (Å²) in [6.45, 7) is 6.99. The van der Waals surface area contributed by atoms with Crippen LogP contribution in [-0.4, -0.2) is 37.8 Å². The molecule has 0 saturated heterocycles. The number of aryl methyl sites for hydroxylation is 1. The predicted octanol–water partition coefficient (Wildman–Crippen LogP) is 7.74. The number of pyridine rings is 1. The molecule has 0 aliphatic heterocycles. The number of aromatic nitrogens is 1. The molecule has 1 aliphatic carbocycles. The molecule has 222 valence electrons. The molecule has 0 saturated carbocycles. The number of rotatable bonds is 11. The van der Waals surface area contributed by atoms with Crippen molar-refractivity contribution in [3.05, 3.63) is 71.4 Å². The molecular formula is C33H38ClN3O5. The molecule has 8 nitrogen and oxygen atoms in total. The second-order valence-corrected chi connectivity index (χ2v) is 9.73. The highest BCUT2D eigenvalue weighted by Crippen LogP contribution is 2.40. The molecule has 1 amide bonds. The van der Waals surface area contributed by atoms with Gasteiger partial charge < -0.3 is 29.6 Å². The van der Waals surface area contributed by atoms with Crippen LogP contribution in [0.25, 0.3) is 10.9 Å². The molecule has 0 radical (unpaired) electrons. The Morgan fingerprint density at radius 2 is 1.55 bits per heavy atom. The van der Waals surface area contributed by atoms with Crippen molar-refractivity contribution in [3.63, 3.8) is 0 Å². The number of benzene rings is 3. The molecular weight excluding hydrogens is 554 g/mol. The van der Waals surface area contributed by atoms with Gasteiger partial charge in [0.2, 0.25) is 5.75 Å². The monoisotopic (exact) mass is 591 g/mol. The minimum absolute atomic E-state index is 0. The lowest BCUT2D eigenvalue weighted by Crippen LogP contribution is -2.14. The lowest BCUT2D eigenvalue weighted by Gasteiger charge is -2.23. The van der Waals surface area contributed by atoms with Crippen molar-refractivity contribution in [3.8, 4) is 23.0 Å². The molecule has 0 atom stereocenters. The van der Waals surface area contributed by atoms with E-state index in [2.05, 4.69) is 10.6 Å². The third kappa shape index (κ3) is 6.49. The number of para-hydroxylation sites is 2. The first-order chi connectivity index (χ1) is 20.1. The Morgan fingerprint density at radius 3 is 2.24 bits per heavy atom. The van der Waals surface area contributed by atoms with Gasteiger partial charge in [0.15, 0.2) is 11.5 Å². The third-order valence-electron chi connectivity index (χ3n) is 7.06. The molecule has 5 rings (SSSR count). The number of halogens is 1. The van der Waals surface area contributed by atoms with Gasteiger partial charge in [0.05, 0.1) is 43.8 Å². The van der Waals surface area contributed by atoms with Crippen molar-refractivity contribution >= 4 is 46.3 Å². The molecule has 4 aromatic rings. The number of nitrogens with zero attached hydrogens (tertiary/aromatic N) is 1. The Hall–Kier alpha value is -4.17. The van der Waals surface area contributed by atoms with Crippen molar-refractivity contribution in [2.75, 3.05) is 37.6 Å². The Balaban J connectivity index is 0.00000405. The summed E-state index contributed by atoms with van der Waals surface area (Å²) >= 11 is 0. The topological polar surface area (TPSA) is 90.9 Å². The number of methoxy groups -OCH3 is 1. The highest BCUT2D eigenvalue weighted by atomic mass is 35.5. The summed E-state index contributed by atoms with van der Waals surface area (Å²) in [6, 6.07) is 17.1. The van der Waals surface area contributed by atoms with Gasteiger partial charge >= 0.3 is 0 Å². The van der Waals surface area contributed by atoms with Crippen LogP contribution in [0.5, 0.6) is 23.0 Å². The second-order valence-electron chi connectivity index (χ2n) is 9.73. The number of amides is 1. The summed E-state index contributed by atoms with van der Waals surface area (Å²) < 4.78 is 23.0. The standard InChI is InChI=1S/C33H37N3O5.ClH/c1-5-39-29-18-21(19-30(40-6-2)32(29)41-7-3)33(37)34-22-16-17-26-24(20-22)31(23-12-8-9-13-25(23)35-26)36-27-14-10-11-15-28(27)38-4;/h10-11,14-20H,5-9,12-13H2,1-4H3,(H,34,37)(H,35,36);1H. The molecule has 1 aromatic heterocycles. The van der Waals surface area contributed by atoms with Crippen LogP contribution in [0.1, 0.15) is 55.2 Å². The fourth-order valence-electron chi connectivity index (χ4n) is 5.25. The lowest BCUT2D eigenvalue weighted by molar-refractivity contribution is 0.102. The molecule has 1 heterocycles. The van der Waals surface area contributed by atoms with Crippen molar-refractivity contribution < 1.29 is 23.7 Å². The van der Waals surface area contributed by atoms with Gasteiger partial charge in [-0.25, -0.2) is 0 Å². The normalized spacial score (nSPS) is 12.1. The minimum atomic E-state index is -0.278. The van der Waals surface area contributed by atoms with Crippen LogP contribution in [0.3, 0.4) is 0 Å². The maximum absolute atomic E-state index is 13.5. The number of hydrogen-bond acceptors (Lipinski definition) is 7. The van der Waals surface area contributed by atoms with E-state index in [0.29, 0.717) is 48.3 Å². The van der Waals surface area contributed by atoms with E-state index in [0.717, 1.165) is 59.4 Å². The SMILES string of the molecule is CCOc1cc(C(=O)Nc2ccc3nc4c(c(Nc5ccccc5OC)c3c2)CCCC4)cc(OCC)c1OCC.Cl. The van der Waals surface area contributed by atoms with Crippen LogP contribution in [-0.2, 0) is 12.8 Å². The van der Waals surface area contributed by atoms with Gasteiger partial charge in [0.1, 0.15) is 5.75 Å². The number of carbonyl (C=O) groups excluding carboxylic acids is 1. The van der Waals surface area contributed by atoms with E-state index >= 15 is 0 Å². The van der Waals surface area contributed by atoms with Crippen LogP contribution in [0.4, 0.5) is 17.1 Å². The van der Waals surface area contributed by atoms with Crippen molar-refractivity contribution in [2.45, 2.75) is 46.5 Å². The molecule has 2 N–H and O–H groups in total. The van der Waals surface area contributed by atoms with Gasteiger partial charge in [0.25, 0.3) is 5.91 Å². The summed E-state index contributed by atoms with van der Waals surface area (Å²) in [5, 5.41) is 7.64. The molecule has 0 spiro atoms. The third-order valence-corrected chi connectivity index (χ3v) is 7.06. The number of fused-ring (bicyclic) bond motifs is 2. The number of nitrogens with one attached hydrogen (secondary N) is 2. The highest BCUT2D eigenvalue weighted by molar-refractivity contribution is 6.07. The predicted molar refractivity (Wildman–Crippen MR) is 170 cm³/mol. The molecule has 42 heavy (non-hydrogen) atoms. The number of hydrogen-bond donors (Lipinski definition) is 2. The smallest absolute Gasteiger partial charge is 0.255 e. The zero-order valence-corrected chi connectivity index (χ0v) is 25.4. The van der Waals surface area contributed by atoms with Gasteiger partial charge in [-0.1, -0.05) is 12.1 Å². The van der Waals surface area contributed by atoms with Crippen LogP contribution >= 0.6 is 12.4 Å². The maximum atomic E-state index is 13.5. The Labute approximate surface area is 253 Å². The molecule has 3 aromatic carbocycles. The van der Waals surface area contributed by atoms with Gasteiger partial charge in [0, 0.05) is 22.3 Å². The summed E-state index contributed by atoms with van der Waals surface area (Å²) in [5.41, 5.74) is 6.17. The van der Waals surface area contributed by atoms with Gasteiger partial charge in [-0.2, -0.15) is 0 Å². The first-order valence-electron chi connectivity index (χ1n) is 14.3. The quantitative estimate of drug-likeness (QED) is 0.184. The summed E-state index contributed by atoms with van der Waals surface area (Å²) in [4.78, 5) is 18.5. The molecule has 0 fully saturated rings. The minimum Gasteiger partial charge on any atom is -0.495 e. The van der Waals surface area contributed by atoms with E-state index < -0.39 is 0 Å². The zero-order valence-electron chi connectivity index (χ0n) is 24.5. The molecule has 9 heteroatoms. The average Bonchev–Trinajstić information content (AvgIpc) is 2.99. The average molecular weight is 592 g/mol. The van der Waals surface area contributed by atoms with E-state index in [1.54, 1.807) is 19.2 Å². The first-order valence-corrected chi connectivity index (χ1v) is 14.3. The summed E-state index contributed by atoms with van der Waals surface area (Å²) in [6.07, 6.45) is 4.13. The van der Waals surface area contributed by atoms with E-state index in [1.165, 1.54) is 5.56 Å². The maximum Gasteiger partial charge on any atom is 0.255 e. The van der Waals surface area contributed by atoms with Crippen molar-refractivity contribution in [1.29, 1.82) is 0 Å². The van der Waals surface area contributed by atoms with Crippen molar-refractivity contribution in [2.24, 2.45) is 0 Å². The number of anilines is 3. The van der Waals surface area contributed by atoms with E-state index in [1.807, 2.05) is 63.2 Å². The molecule has 0 unspecified atom stereocenters. The van der Waals surface area contributed by atoms with Crippen molar-refractivity contribution in [1.82, 2.24) is 4.98 Å². The number of ether oxygens (including phenoxy) is 4.